The van der Waals surface area contributed by atoms with Crippen molar-refractivity contribution in [3.63, 3.8) is 0 Å². The molecule has 0 atom stereocenters. The minimum absolute atomic E-state index is 0.223. The Morgan fingerprint density at radius 2 is 1.42 bits per heavy atom. The summed E-state index contributed by atoms with van der Waals surface area (Å²) >= 11 is 6.13. The van der Waals surface area contributed by atoms with Gasteiger partial charge >= 0.3 is 6.03 Å². The highest BCUT2D eigenvalue weighted by molar-refractivity contribution is 6.46. The molecule has 1 heterocycles. The summed E-state index contributed by atoms with van der Waals surface area (Å²) in [4.78, 5) is 55.1. The van der Waals surface area contributed by atoms with Gasteiger partial charge in [-0.2, -0.15) is 0 Å². The van der Waals surface area contributed by atoms with Crippen LogP contribution >= 0.6 is 11.6 Å². The molecular weight excluding hydrogens is 570 g/mol. The second-order valence-corrected chi connectivity index (χ2v) is 9.91. The number of methoxy groups -OCH3 is 1. The molecule has 1 fully saturated rings. The van der Waals surface area contributed by atoms with E-state index >= 15 is 0 Å². The Kier molecular flexibility index (Phi) is 8.54. The van der Waals surface area contributed by atoms with Gasteiger partial charge in [-0.15, -0.1) is 0 Å². The molecule has 4 aromatic carbocycles. The molecular formula is C33H26ClN3O6. The third kappa shape index (κ3) is 6.27. The number of nitrogens with zero attached hydrogens (tertiary/aromatic N) is 2. The summed E-state index contributed by atoms with van der Waals surface area (Å²) in [6.45, 7) is 1.56. The van der Waals surface area contributed by atoms with E-state index in [-0.39, 0.29) is 23.7 Å². The zero-order chi connectivity index (χ0) is 30.5. The molecule has 0 unspecified atom stereocenters. The van der Waals surface area contributed by atoms with Crippen molar-refractivity contribution in [1.29, 1.82) is 0 Å². The van der Waals surface area contributed by atoms with Crippen LogP contribution in [-0.2, 0) is 14.4 Å². The largest absolute Gasteiger partial charge is 0.493 e. The number of para-hydroxylation sites is 2. The van der Waals surface area contributed by atoms with E-state index in [1.807, 2.05) is 6.92 Å². The molecule has 0 radical (unpaired) electrons. The molecule has 0 spiro atoms. The minimum atomic E-state index is -0.780. The number of barbiturate groups is 1. The summed E-state index contributed by atoms with van der Waals surface area (Å²) in [6, 6.07) is 25.9. The minimum Gasteiger partial charge on any atom is -0.493 e. The zero-order valence-corrected chi connectivity index (χ0v) is 24.0. The van der Waals surface area contributed by atoms with Crippen LogP contribution in [0, 0.1) is 6.92 Å². The second-order valence-electron chi connectivity index (χ2n) is 9.50. The van der Waals surface area contributed by atoms with E-state index in [0.29, 0.717) is 27.6 Å². The van der Waals surface area contributed by atoms with E-state index in [4.69, 9.17) is 21.1 Å². The fraction of sp³-hybridized carbons (Fsp3) is 0.0909. The number of rotatable bonds is 8. The molecule has 0 bridgehead atoms. The third-order valence-electron chi connectivity index (χ3n) is 6.59. The lowest BCUT2D eigenvalue weighted by Crippen LogP contribution is -2.57. The second kappa shape index (κ2) is 12.6. The van der Waals surface area contributed by atoms with Crippen LogP contribution in [0.1, 0.15) is 11.1 Å². The lowest BCUT2D eigenvalue weighted by Gasteiger charge is -2.33. The van der Waals surface area contributed by atoms with Crippen molar-refractivity contribution in [3.05, 3.63) is 119 Å². The Balaban J connectivity index is 1.41. The smallest absolute Gasteiger partial charge is 0.343 e. The predicted molar refractivity (Wildman–Crippen MR) is 165 cm³/mol. The molecule has 5 amide bonds. The van der Waals surface area contributed by atoms with Crippen LogP contribution in [0.25, 0.3) is 6.08 Å². The Bertz CT molecular complexity index is 1680. The molecule has 9 nitrogen and oxygen atoms in total. The number of hydrogen-bond donors (Lipinski definition) is 1. The van der Waals surface area contributed by atoms with Gasteiger partial charge in [-0.3, -0.25) is 14.4 Å². The SMILES string of the molecule is COc1cc(C=C2C(=O)N(c3ccccc3)C(=O)N(c3ccccc3)C2=O)ccc1OCC(=O)Nc1ccc(C)c(Cl)c1. The monoisotopic (exact) mass is 595 g/mol. The van der Waals surface area contributed by atoms with E-state index in [0.717, 1.165) is 15.4 Å². The van der Waals surface area contributed by atoms with Gasteiger partial charge in [-0.25, -0.2) is 14.6 Å². The quantitative estimate of drug-likeness (QED) is 0.190. The number of imide groups is 2. The first-order chi connectivity index (χ1) is 20.8. The number of amides is 5. The van der Waals surface area contributed by atoms with E-state index < -0.39 is 23.8 Å². The molecule has 1 N–H and O–H groups in total. The van der Waals surface area contributed by atoms with Crippen molar-refractivity contribution in [2.75, 3.05) is 28.8 Å². The van der Waals surface area contributed by atoms with Crippen LogP contribution in [-0.4, -0.2) is 37.5 Å². The standard InChI is InChI=1S/C33H26ClN3O6/c1-21-13-15-23(19-27(21)34)35-30(38)20-43-28-16-14-22(18-29(28)42-2)17-26-31(39)36(24-9-5-3-6-10-24)33(41)37(32(26)40)25-11-7-4-8-12-25/h3-19H,20H2,1-2H3,(H,35,38). The number of carbonyl (C=O) groups excluding carboxylic acids is 4. The molecule has 0 saturated carbocycles. The summed E-state index contributed by atoms with van der Waals surface area (Å²) in [6.07, 6.45) is 1.39. The molecule has 216 valence electrons. The number of urea groups is 1. The van der Waals surface area contributed by atoms with Crippen molar-refractivity contribution in [3.8, 4) is 11.5 Å². The molecule has 5 rings (SSSR count). The van der Waals surface area contributed by atoms with Gasteiger partial charge in [-0.05, 0) is 72.7 Å². The Morgan fingerprint density at radius 1 is 0.814 bits per heavy atom. The average molecular weight is 596 g/mol. The van der Waals surface area contributed by atoms with E-state index in [1.54, 1.807) is 97.1 Å². The molecule has 0 aromatic heterocycles. The molecule has 10 heteroatoms. The van der Waals surface area contributed by atoms with Gasteiger partial charge in [-0.1, -0.05) is 60.1 Å². The van der Waals surface area contributed by atoms with E-state index in [1.165, 1.54) is 13.2 Å². The molecule has 43 heavy (non-hydrogen) atoms. The Hall–Kier alpha value is -5.41. The van der Waals surface area contributed by atoms with Crippen LogP contribution in [0.4, 0.5) is 21.9 Å². The summed E-state index contributed by atoms with van der Waals surface area (Å²) in [5.74, 6) is -1.39. The van der Waals surface area contributed by atoms with Gasteiger partial charge in [0.2, 0.25) is 0 Å². The summed E-state index contributed by atoms with van der Waals surface area (Å²) in [5.41, 5.74) is 2.29. The first-order valence-corrected chi connectivity index (χ1v) is 13.6. The van der Waals surface area contributed by atoms with Crippen LogP contribution in [0.2, 0.25) is 5.02 Å². The highest BCUT2D eigenvalue weighted by Gasteiger charge is 2.43. The number of benzene rings is 4. The van der Waals surface area contributed by atoms with Crippen molar-refractivity contribution in [2.24, 2.45) is 0 Å². The summed E-state index contributed by atoms with van der Waals surface area (Å²) in [5, 5.41) is 3.25. The van der Waals surface area contributed by atoms with Crippen molar-refractivity contribution >= 4 is 58.5 Å². The number of halogens is 1. The normalized spacial score (nSPS) is 13.2. The predicted octanol–water partition coefficient (Wildman–Crippen LogP) is 6.26. The van der Waals surface area contributed by atoms with Crippen LogP contribution in [0.3, 0.4) is 0 Å². The molecule has 4 aromatic rings. The maximum atomic E-state index is 13.6. The van der Waals surface area contributed by atoms with Crippen molar-refractivity contribution < 1.29 is 28.7 Å². The average Bonchev–Trinajstić information content (AvgIpc) is 3.01. The van der Waals surface area contributed by atoms with Crippen LogP contribution in [0.5, 0.6) is 11.5 Å². The van der Waals surface area contributed by atoms with Crippen molar-refractivity contribution in [2.45, 2.75) is 6.92 Å². The molecule has 0 aliphatic carbocycles. The Labute approximate surface area is 252 Å². The number of ether oxygens (including phenoxy) is 2. The van der Waals surface area contributed by atoms with Crippen molar-refractivity contribution in [1.82, 2.24) is 0 Å². The van der Waals surface area contributed by atoms with Gasteiger partial charge in [0.05, 0.1) is 18.5 Å². The maximum Gasteiger partial charge on any atom is 0.343 e. The fourth-order valence-corrected chi connectivity index (χ4v) is 4.59. The molecule has 1 aliphatic rings. The lowest BCUT2D eigenvalue weighted by atomic mass is 10.0. The van der Waals surface area contributed by atoms with Gasteiger partial charge < -0.3 is 14.8 Å². The topological polar surface area (TPSA) is 105 Å². The number of aryl methyl sites for hydroxylation is 1. The first kappa shape index (κ1) is 29.1. The third-order valence-corrected chi connectivity index (χ3v) is 7.00. The van der Waals surface area contributed by atoms with Gasteiger partial charge in [0.15, 0.2) is 18.1 Å². The maximum absolute atomic E-state index is 13.6. The van der Waals surface area contributed by atoms with Gasteiger partial charge in [0.1, 0.15) is 5.57 Å². The zero-order valence-electron chi connectivity index (χ0n) is 23.2. The number of anilines is 3. The van der Waals surface area contributed by atoms with Gasteiger partial charge in [0, 0.05) is 10.7 Å². The Morgan fingerprint density at radius 3 is 1.98 bits per heavy atom. The number of hydrogen-bond acceptors (Lipinski definition) is 6. The highest BCUT2D eigenvalue weighted by atomic mass is 35.5. The van der Waals surface area contributed by atoms with Crippen LogP contribution in [0.15, 0.2) is 103 Å². The number of carbonyl (C=O) groups is 4. The van der Waals surface area contributed by atoms with E-state index in [2.05, 4.69) is 5.32 Å². The molecule has 1 aliphatic heterocycles. The van der Waals surface area contributed by atoms with Gasteiger partial charge in [0.25, 0.3) is 17.7 Å². The fourth-order valence-electron chi connectivity index (χ4n) is 4.41. The number of nitrogens with one attached hydrogen (secondary N) is 1. The van der Waals surface area contributed by atoms with E-state index in [9.17, 15) is 19.2 Å². The summed E-state index contributed by atoms with van der Waals surface area (Å²) < 4.78 is 11.1. The highest BCUT2D eigenvalue weighted by Crippen LogP contribution is 2.32. The first-order valence-electron chi connectivity index (χ1n) is 13.2. The van der Waals surface area contributed by atoms with Crippen LogP contribution < -0.4 is 24.6 Å². The molecule has 1 saturated heterocycles. The lowest BCUT2D eigenvalue weighted by molar-refractivity contribution is -0.121. The summed E-state index contributed by atoms with van der Waals surface area (Å²) in [7, 11) is 1.43.